The maximum atomic E-state index is 11.3. The molecule has 5 heteroatoms. The number of carbonyl (C=O) groups excluding carboxylic acids is 1. The van der Waals surface area contributed by atoms with Gasteiger partial charge in [-0.15, -0.1) is 0 Å². The summed E-state index contributed by atoms with van der Waals surface area (Å²) in [6, 6.07) is 5.97. The van der Waals surface area contributed by atoms with E-state index in [-0.39, 0.29) is 0 Å². The molecule has 1 aromatic carbocycles. The normalized spacial score (nSPS) is 11.9. The Morgan fingerprint density at radius 3 is 2.70 bits per heavy atom. The number of carboxylic acids is 1. The molecule has 1 amide bonds. The highest BCUT2D eigenvalue weighted by Gasteiger charge is 2.18. The molecule has 1 rings (SSSR count). The number of rotatable bonds is 8. The third-order valence-electron chi connectivity index (χ3n) is 3.18. The first-order valence-electron chi connectivity index (χ1n) is 6.56. The van der Waals surface area contributed by atoms with E-state index < -0.39 is 11.9 Å². The van der Waals surface area contributed by atoms with Gasteiger partial charge in [0.1, 0.15) is 0 Å². The Morgan fingerprint density at radius 1 is 1.45 bits per heavy atom. The van der Waals surface area contributed by atoms with Crippen molar-refractivity contribution in [1.29, 1.82) is 0 Å². The van der Waals surface area contributed by atoms with Gasteiger partial charge in [0.2, 0.25) is 6.41 Å². The predicted octanol–water partition coefficient (Wildman–Crippen LogP) is 2.87. The second-order valence-corrected chi connectivity index (χ2v) is 6.02. The minimum atomic E-state index is -0.781. The van der Waals surface area contributed by atoms with Gasteiger partial charge in [0.25, 0.3) is 0 Å². The van der Waals surface area contributed by atoms with Crippen molar-refractivity contribution in [2.45, 2.75) is 26.2 Å². The van der Waals surface area contributed by atoms with Gasteiger partial charge < -0.3 is 10.0 Å². The molecule has 1 unspecified atom stereocenters. The standard InChI is InChI=1S/C15H20BrNO3/c1-11-6-12(9-14(16)7-11)8-13(15(19)20)4-3-5-17(2)10-18/h6-7,9-10,13H,3-5,8H2,1-2H3,(H,19,20). The van der Waals surface area contributed by atoms with E-state index in [1.165, 1.54) is 4.90 Å². The molecular weight excluding hydrogens is 322 g/mol. The van der Waals surface area contributed by atoms with Gasteiger partial charge in [0.05, 0.1) is 5.92 Å². The monoisotopic (exact) mass is 341 g/mol. The minimum absolute atomic E-state index is 0.413. The first-order chi connectivity index (χ1) is 9.42. The van der Waals surface area contributed by atoms with Crippen LogP contribution in [0.4, 0.5) is 0 Å². The van der Waals surface area contributed by atoms with E-state index in [0.29, 0.717) is 25.8 Å². The summed E-state index contributed by atoms with van der Waals surface area (Å²) >= 11 is 3.43. The highest BCUT2D eigenvalue weighted by molar-refractivity contribution is 9.10. The van der Waals surface area contributed by atoms with Crippen LogP contribution >= 0.6 is 15.9 Å². The van der Waals surface area contributed by atoms with Crippen molar-refractivity contribution in [2.75, 3.05) is 13.6 Å². The molecule has 110 valence electrons. The van der Waals surface area contributed by atoms with Gasteiger partial charge in [0.15, 0.2) is 0 Å². The highest BCUT2D eigenvalue weighted by atomic mass is 79.9. The Hall–Kier alpha value is -1.36. The smallest absolute Gasteiger partial charge is 0.306 e. The Kier molecular flexibility index (Phi) is 6.71. The number of amides is 1. The van der Waals surface area contributed by atoms with Crippen molar-refractivity contribution in [3.8, 4) is 0 Å². The zero-order valence-corrected chi connectivity index (χ0v) is 13.4. The maximum Gasteiger partial charge on any atom is 0.306 e. The number of halogens is 1. The number of carboxylic acid groups (broad SMARTS) is 1. The summed E-state index contributed by atoms with van der Waals surface area (Å²) in [5.41, 5.74) is 2.13. The summed E-state index contributed by atoms with van der Waals surface area (Å²) in [5, 5.41) is 9.30. The van der Waals surface area contributed by atoms with Crippen LogP contribution in [0.5, 0.6) is 0 Å². The third kappa shape index (κ3) is 5.74. The van der Waals surface area contributed by atoms with Crippen LogP contribution in [0.2, 0.25) is 0 Å². The molecule has 0 fully saturated rings. The molecule has 0 aromatic heterocycles. The van der Waals surface area contributed by atoms with E-state index in [4.69, 9.17) is 0 Å². The second kappa shape index (κ2) is 8.04. The van der Waals surface area contributed by atoms with Gasteiger partial charge in [-0.2, -0.15) is 0 Å². The molecule has 1 N–H and O–H groups in total. The van der Waals surface area contributed by atoms with E-state index in [9.17, 15) is 14.7 Å². The lowest BCUT2D eigenvalue weighted by Gasteiger charge is -2.15. The topological polar surface area (TPSA) is 57.6 Å². The van der Waals surface area contributed by atoms with Crippen LogP contribution in [0.15, 0.2) is 22.7 Å². The summed E-state index contributed by atoms with van der Waals surface area (Å²) in [4.78, 5) is 23.3. The fraction of sp³-hybridized carbons (Fsp3) is 0.467. The van der Waals surface area contributed by atoms with Crippen LogP contribution in [-0.2, 0) is 16.0 Å². The van der Waals surface area contributed by atoms with E-state index in [2.05, 4.69) is 15.9 Å². The molecule has 0 spiro atoms. The lowest BCUT2D eigenvalue weighted by atomic mass is 9.94. The molecule has 0 aliphatic carbocycles. The Morgan fingerprint density at radius 2 is 2.15 bits per heavy atom. The number of hydrogen-bond donors (Lipinski definition) is 1. The quantitative estimate of drug-likeness (QED) is 0.739. The first kappa shape index (κ1) is 16.7. The lowest BCUT2D eigenvalue weighted by Crippen LogP contribution is -2.21. The van der Waals surface area contributed by atoms with Crippen LogP contribution in [0.1, 0.15) is 24.0 Å². The molecule has 4 nitrogen and oxygen atoms in total. The van der Waals surface area contributed by atoms with Crippen LogP contribution in [0.25, 0.3) is 0 Å². The molecule has 0 bridgehead atoms. The Balaban J connectivity index is 2.62. The number of aryl methyl sites for hydroxylation is 1. The van der Waals surface area contributed by atoms with Crippen LogP contribution in [0, 0.1) is 12.8 Å². The molecule has 0 aliphatic heterocycles. The van der Waals surface area contributed by atoms with Gasteiger partial charge in [-0.25, -0.2) is 0 Å². The average Bonchev–Trinajstić information content (AvgIpc) is 2.35. The molecule has 0 radical (unpaired) electrons. The number of hydrogen-bond acceptors (Lipinski definition) is 2. The van der Waals surface area contributed by atoms with Crippen LogP contribution in [0.3, 0.4) is 0 Å². The molecular formula is C15H20BrNO3. The summed E-state index contributed by atoms with van der Waals surface area (Å²) in [7, 11) is 1.69. The maximum absolute atomic E-state index is 11.3. The number of benzene rings is 1. The van der Waals surface area contributed by atoms with Gasteiger partial charge in [0, 0.05) is 18.1 Å². The van der Waals surface area contributed by atoms with Gasteiger partial charge in [-0.05, 0) is 49.4 Å². The summed E-state index contributed by atoms with van der Waals surface area (Å²) in [5.74, 6) is -1.19. The number of carbonyl (C=O) groups is 2. The third-order valence-corrected chi connectivity index (χ3v) is 3.63. The summed E-state index contributed by atoms with van der Waals surface area (Å²) < 4.78 is 0.970. The molecule has 0 saturated heterocycles. The van der Waals surface area contributed by atoms with Gasteiger partial charge in [-0.1, -0.05) is 22.0 Å². The Labute approximate surface area is 127 Å². The largest absolute Gasteiger partial charge is 0.481 e. The summed E-state index contributed by atoms with van der Waals surface area (Å²) in [6.45, 7) is 2.58. The van der Waals surface area contributed by atoms with Crippen molar-refractivity contribution in [3.63, 3.8) is 0 Å². The lowest BCUT2D eigenvalue weighted by molar-refractivity contribution is -0.142. The van der Waals surface area contributed by atoms with Crippen molar-refractivity contribution in [3.05, 3.63) is 33.8 Å². The van der Waals surface area contributed by atoms with Gasteiger partial charge in [-0.3, -0.25) is 9.59 Å². The molecule has 0 aliphatic rings. The summed E-state index contributed by atoms with van der Waals surface area (Å²) in [6.07, 6.45) is 2.53. The first-order valence-corrected chi connectivity index (χ1v) is 7.36. The zero-order valence-electron chi connectivity index (χ0n) is 11.8. The molecule has 1 aromatic rings. The van der Waals surface area contributed by atoms with Crippen molar-refractivity contribution in [1.82, 2.24) is 4.90 Å². The van der Waals surface area contributed by atoms with Crippen molar-refractivity contribution < 1.29 is 14.7 Å². The van der Waals surface area contributed by atoms with E-state index in [1.807, 2.05) is 25.1 Å². The number of aliphatic carboxylic acids is 1. The fourth-order valence-corrected chi connectivity index (χ4v) is 2.82. The van der Waals surface area contributed by atoms with E-state index in [0.717, 1.165) is 22.0 Å². The highest BCUT2D eigenvalue weighted by Crippen LogP contribution is 2.20. The zero-order chi connectivity index (χ0) is 15.1. The SMILES string of the molecule is Cc1cc(Br)cc(CC(CCCN(C)C=O)C(=O)O)c1. The molecule has 1 atom stereocenters. The van der Waals surface area contributed by atoms with Crippen molar-refractivity contribution in [2.24, 2.45) is 5.92 Å². The van der Waals surface area contributed by atoms with Gasteiger partial charge >= 0.3 is 5.97 Å². The second-order valence-electron chi connectivity index (χ2n) is 5.10. The van der Waals surface area contributed by atoms with E-state index in [1.54, 1.807) is 7.05 Å². The molecule has 0 saturated carbocycles. The van der Waals surface area contributed by atoms with Crippen LogP contribution < -0.4 is 0 Å². The predicted molar refractivity (Wildman–Crippen MR) is 81.6 cm³/mol. The Bertz CT molecular complexity index is 456. The minimum Gasteiger partial charge on any atom is -0.481 e. The average molecular weight is 342 g/mol. The van der Waals surface area contributed by atoms with E-state index >= 15 is 0 Å². The van der Waals surface area contributed by atoms with Crippen LogP contribution in [-0.4, -0.2) is 36.0 Å². The molecule has 0 heterocycles. The number of nitrogens with zero attached hydrogens (tertiary/aromatic N) is 1. The fourth-order valence-electron chi connectivity index (χ4n) is 2.17. The molecule has 20 heavy (non-hydrogen) atoms. The van der Waals surface area contributed by atoms with Crippen molar-refractivity contribution >= 4 is 28.3 Å².